The summed E-state index contributed by atoms with van der Waals surface area (Å²) < 4.78 is 11.6. The molecule has 0 atom stereocenters. The van der Waals surface area contributed by atoms with Crippen LogP contribution in [0.25, 0.3) is 11.0 Å². The van der Waals surface area contributed by atoms with Crippen LogP contribution < -0.4 is 5.32 Å². The summed E-state index contributed by atoms with van der Waals surface area (Å²) in [5.41, 5.74) is 2.37. The summed E-state index contributed by atoms with van der Waals surface area (Å²) in [7, 11) is 1.82. The Kier molecular flexibility index (Phi) is 3.81. The van der Waals surface area contributed by atoms with E-state index in [9.17, 15) is 0 Å². The molecule has 0 bridgehead atoms. The van der Waals surface area contributed by atoms with Gasteiger partial charge in [0.15, 0.2) is 0 Å². The van der Waals surface area contributed by atoms with Crippen molar-refractivity contribution in [2.45, 2.75) is 44.8 Å². The SMILES string of the molecule is CCc1oc2ccccc2c1CNCC1(OC)CCC1. The molecule has 20 heavy (non-hydrogen) atoms. The molecule has 1 aromatic heterocycles. The van der Waals surface area contributed by atoms with Crippen molar-refractivity contribution < 1.29 is 9.15 Å². The zero-order valence-electron chi connectivity index (χ0n) is 12.4. The predicted octanol–water partition coefficient (Wildman–Crippen LogP) is 3.65. The molecule has 3 rings (SSSR count). The van der Waals surface area contributed by atoms with Gasteiger partial charge >= 0.3 is 0 Å². The molecule has 3 nitrogen and oxygen atoms in total. The first-order valence-electron chi connectivity index (χ1n) is 7.53. The van der Waals surface area contributed by atoms with Gasteiger partial charge in [-0.05, 0) is 25.3 Å². The van der Waals surface area contributed by atoms with Crippen LogP contribution >= 0.6 is 0 Å². The zero-order valence-corrected chi connectivity index (χ0v) is 12.4. The van der Waals surface area contributed by atoms with Gasteiger partial charge in [-0.15, -0.1) is 0 Å². The molecule has 1 saturated carbocycles. The predicted molar refractivity (Wildman–Crippen MR) is 80.9 cm³/mol. The van der Waals surface area contributed by atoms with Crippen molar-refractivity contribution in [2.75, 3.05) is 13.7 Å². The van der Waals surface area contributed by atoms with Crippen molar-refractivity contribution in [3.8, 4) is 0 Å². The summed E-state index contributed by atoms with van der Waals surface area (Å²) in [4.78, 5) is 0. The van der Waals surface area contributed by atoms with Crippen LogP contribution in [0.4, 0.5) is 0 Å². The molecular weight excluding hydrogens is 250 g/mol. The normalized spacial score (nSPS) is 17.3. The Morgan fingerprint density at radius 3 is 2.75 bits per heavy atom. The summed E-state index contributed by atoms with van der Waals surface area (Å²) in [6.07, 6.45) is 4.55. The number of benzene rings is 1. The van der Waals surface area contributed by atoms with Gasteiger partial charge in [0.05, 0.1) is 5.60 Å². The van der Waals surface area contributed by atoms with E-state index in [0.717, 1.165) is 30.9 Å². The Morgan fingerprint density at radius 1 is 1.30 bits per heavy atom. The van der Waals surface area contributed by atoms with Crippen LogP contribution in [0.15, 0.2) is 28.7 Å². The fourth-order valence-corrected chi connectivity index (χ4v) is 3.07. The number of furan rings is 1. The third-order valence-corrected chi connectivity index (χ3v) is 4.55. The summed E-state index contributed by atoms with van der Waals surface area (Å²) in [5, 5.41) is 4.80. The highest BCUT2D eigenvalue weighted by molar-refractivity contribution is 5.82. The molecule has 108 valence electrons. The summed E-state index contributed by atoms with van der Waals surface area (Å²) >= 11 is 0. The molecule has 2 aromatic rings. The number of aryl methyl sites for hydroxylation is 1. The highest BCUT2D eigenvalue weighted by Gasteiger charge is 2.36. The molecule has 0 amide bonds. The van der Waals surface area contributed by atoms with Gasteiger partial charge in [-0.3, -0.25) is 0 Å². The highest BCUT2D eigenvalue weighted by Crippen LogP contribution is 2.34. The maximum absolute atomic E-state index is 5.93. The first-order chi connectivity index (χ1) is 9.78. The lowest BCUT2D eigenvalue weighted by Crippen LogP contribution is -2.47. The molecule has 1 heterocycles. The molecule has 1 aromatic carbocycles. The molecule has 0 saturated heterocycles. The number of methoxy groups -OCH3 is 1. The Balaban J connectivity index is 1.73. The summed E-state index contributed by atoms with van der Waals surface area (Å²) in [6, 6.07) is 8.28. The van der Waals surface area contributed by atoms with E-state index in [1.54, 1.807) is 0 Å². The number of nitrogens with one attached hydrogen (secondary N) is 1. The van der Waals surface area contributed by atoms with Crippen LogP contribution in [-0.2, 0) is 17.7 Å². The monoisotopic (exact) mass is 273 g/mol. The average molecular weight is 273 g/mol. The molecule has 1 aliphatic rings. The van der Waals surface area contributed by atoms with Gasteiger partial charge in [-0.1, -0.05) is 25.1 Å². The van der Waals surface area contributed by atoms with Crippen LogP contribution in [0.5, 0.6) is 0 Å². The molecule has 3 heteroatoms. The fraction of sp³-hybridized carbons (Fsp3) is 0.529. The van der Waals surface area contributed by atoms with E-state index in [0.29, 0.717) is 0 Å². The van der Waals surface area contributed by atoms with Crippen molar-refractivity contribution >= 4 is 11.0 Å². The van der Waals surface area contributed by atoms with E-state index < -0.39 is 0 Å². The molecular formula is C17H23NO2. The quantitative estimate of drug-likeness (QED) is 0.872. The largest absolute Gasteiger partial charge is 0.461 e. The van der Waals surface area contributed by atoms with E-state index in [-0.39, 0.29) is 5.60 Å². The number of hydrogen-bond donors (Lipinski definition) is 1. The number of rotatable bonds is 6. The van der Waals surface area contributed by atoms with E-state index in [2.05, 4.69) is 24.4 Å². The topological polar surface area (TPSA) is 34.4 Å². The van der Waals surface area contributed by atoms with Gasteiger partial charge < -0.3 is 14.5 Å². The lowest BCUT2D eigenvalue weighted by atomic mass is 9.80. The lowest BCUT2D eigenvalue weighted by molar-refractivity contribution is -0.0695. The minimum Gasteiger partial charge on any atom is -0.461 e. The average Bonchev–Trinajstić information content (AvgIpc) is 2.80. The molecule has 0 radical (unpaired) electrons. The second kappa shape index (κ2) is 5.58. The Bertz CT molecular complexity index is 578. The molecule has 1 N–H and O–H groups in total. The first-order valence-corrected chi connectivity index (χ1v) is 7.53. The highest BCUT2D eigenvalue weighted by atomic mass is 16.5. The fourth-order valence-electron chi connectivity index (χ4n) is 3.07. The minimum absolute atomic E-state index is 0.0753. The van der Waals surface area contributed by atoms with Gasteiger partial charge in [0, 0.05) is 37.6 Å². The maximum atomic E-state index is 5.93. The van der Waals surface area contributed by atoms with E-state index in [4.69, 9.17) is 9.15 Å². The minimum atomic E-state index is 0.0753. The first kappa shape index (κ1) is 13.7. The molecule has 0 aliphatic heterocycles. The van der Waals surface area contributed by atoms with E-state index in [1.807, 2.05) is 19.2 Å². The third-order valence-electron chi connectivity index (χ3n) is 4.55. The van der Waals surface area contributed by atoms with E-state index >= 15 is 0 Å². The zero-order chi connectivity index (χ0) is 14.0. The van der Waals surface area contributed by atoms with Crippen molar-refractivity contribution in [3.05, 3.63) is 35.6 Å². The van der Waals surface area contributed by atoms with Gasteiger partial charge in [0.25, 0.3) is 0 Å². The maximum Gasteiger partial charge on any atom is 0.134 e. The number of ether oxygens (including phenoxy) is 1. The van der Waals surface area contributed by atoms with E-state index in [1.165, 1.54) is 30.2 Å². The van der Waals surface area contributed by atoms with Crippen LogP contribution in [0, 0.1) is 0 Å². The standard InChI is InChI=1S/C17H23NO2/c1-3-15-14(13-7-4-5-8-16(13)20-15)11-18-12-17(19-2)9-6-10-17/h4-5,7-8,18H,3,6,9-12H2,1-2H3. The van der Waals surface area contributed by atoms with Crippen LogP contribution in [0.1, 0.15) is 37.5 Å². The molecule has 1 aliphatic carbocycles. The Morgan fingerprint density at radius 2 is 2.10 bits per heavy atom. The van der Waals surface area contributed by atoms with Gasteiger partial charge in [-0.2, -0.15) is 0 Å². The van der Waals surface area contributed by atoms with Crippen LogP contribution in [0.2, 0.25) is 0 Å². The summed E-state index contributed by atoms with van der Waals surface area (Å²) in [6.45, 7) is 3.92. The number of para-hydroxylation sites is 1. The number of fused-ring (bicyclic) bond motifs is 1. The van der Waals surface area contributed by atoms with Gasteiger partial charge in [0.2, 0.25) is 0 Å². The van der Waals surface area contributed by atoms with Crippen molar-refractivity contribution in [1.82, 2.24) is 5.32 Å². The van der Waals surface area contributed by atoms with Gasteiger partial charge in [-0.25, -0.2) is 0 Å². The van der Waals surface area contributed by atoms with Gasteiger partial charge in [0.1, 0.15) is 11.3 Å². The molecule has 0 spiro atoms. The van der Waals surface area contributed by atoms with Crippen LogP contribution in [-0.4, -0.2) is 19.3 Å². The molecule has 1 fully saturated rings. The molecule has 0 unspecified atom stereocenters. The van der Waals surface area contributed by atoms with Crippen molar-refractivity contribution in [2.24, 2.45) is 0 Å². The second-order valence-electron chi connectivity index (χ2n) is 5.70. The second-order valence-corrected chi connectivity index (χ2v) is 5.70. The Hall–Kier alpha value is -1.32. The summed E-state index contributed by atoms with van der Waals surface area (Å²) in [5.74, 6) is 1.10. The lowest BCUT2D eigenvalue weighted by Gasteiger charge is -2.40. The van der Waals surface area contributed by atoms with Crippen molar-refractivity contribution in [3.63, 3.8) is 0 Å². The van der Waals surface area contributed by atoms with Crippen molar-refractivity contribution in [1.29, 1.82) is 0 Å². The smallest absolute Gasteiger partial charge is 0.134 e. The number of hydrogen-bond acceptors (Lipinski definition) is 3. The van der Waals surface area contributed by atoms with Crippen LogP contribution in [0.3, 0.4) is 0 Å². The Labute approximate surface area is 120 Å². The third kappa shape index (κ3) is 2.36.